The number of anilines is 2. The van der Waals surface area contributed by atoms with Gasteiger partial charge in [0.15, 0.2) is 10.4 Å². The van der Waals surface area contributed by atoms with Gasteiger partial charge in [-0.1, -0.05) is 65.6 Å². The summed E-state index contributed by atoms with van der Waals surface area (Å²) < 4.78 is 32.2. The Morgan fingerprint density at radius 2 is 1.94 bits per heavy atom. The molecule has 0 spiro atoms. The average molecular weight is 477 g/mol. The number of aromatic nitrogens is 2. The Morgan fingerprint density at radius 3 is 2.71 bits per heavy atom. The summed E-state index contributed by atoms with van der Waals surface area (Å²) in [6.45, 7) is 0.141. The highest BCUT2D eigenvalue weighted by molar-refractivity contribution is 8.00. The average Bonchev–Trinajstić information content (AvgIpc) is 3.09. The van der Waals surface area contributed by atoms with E-state index in [1.165, 1.54) is 21.2 Å². The molecule has 1 aliphatic rings. The summed E-state index contributed by atoms with van der Waals surface area (Å²) in [5, 5.41) is 11.3. The van der Waals surface area contributed by atoms with E-state index in [4.69, 9.17) is 4.74 Å². The zero-order valence-electron chi connectivity index (χ0n) is 16.6. The molecule has 1 aliphatic heterocycles. The molecule has 1 amide bonds. The monoisotopic (exact) mass is 476 g/mol. The molecule has 31 heavy (non-hydrogen) atoms. The molecular formula is C20H20N4O4S3. The third kappa shape index (κ3) is 5.35. The van der Waals surface area contributed by atoms with Gasteiger partial charge in [-0.15, -0.1) is 10.2 Å². The maximum atomic E-state index is 12.8. The van der Waals surface area contributed by atoms with Crippen LogP contribution in [0.1, 0.15) is 12.0 Å². The molecule has 0 saturated heterocycles. The fourth-order valence-electron chi connectivity index (χ4n) is 3.08. The van der Waals surface area contributed by atoms with Crippen molar-refractivity contribution in [1.82, 2.24) is 10.2 Å². The summed E-state index contributed by atoms with van der Waals surface area (Å²) in [6.07, 6.45) is 0.499. The SMILES string of the molecule is CS(=O)(=O)N1CC[C@H](C(=O)Nc2nnc(SCc3ccccc3)s2)Oc2ccccc21. The van der Waals surface area contributed by atoms with E-state index in [1.54, 1.807) is 36.0 Å². The molecule has 1 atom stereocenters. The number of para-hydroxylation sites is 2. The number of nitrogens with one attached hydrogen (secondary N) is 1. The molecule has 2 aromatic carbocycles. The molecule has 0 saturated carbocycles. The highest BCUT2D eigenvalue weighted by atomic mass is 32.2. The zero-order chi connectivity index (χ0) is 21.8. The number of amides is 1. The van der Waals surface area contributed by atoms with Gasteiger partial charge in [-0.3, -0.25) is 14.4 Å². The minimum atomic E-state index is -3.50. The van der Waals surface area contributed by atoms with Crippen LogP contribution in [0.15, 0.2) is 58.9 Å². The topological polar surface area (TPSA) is 101 Å². The molecule has 0 aliphatic carbocycles. The Hall–Kier alpha value is -2.63. The van der Waals surface area contributed by atoms with E-state index in [-0.39, 0.29) is 18.9 Å². The number of nitrogens with zero attached hydrogens (tertiary/aromatic N) is 3. The van der Waals surface area contributed by atoms with Gasteiger partial charge in [0, 0.05) is 18.7 Å². The van der Waals surface area contributed by atoms with Crippen molar-refractivity contribution in [2.24, 2.45) is 0 Å². The second-order valence-electron chi connectivity index (χ2n) is 6.83. The Balaban J connectivity index is 1.42. The normalized spacial score (nSPS) is 16.2. The van der Waals surface area contributed by atoms with Gasteiger partial charge in [-0.25, -0.2) is 8.42 Å². The predicted octanol–water partition coefficient (Wildman–Crippen LogP) is 3.39. The molecule has 0 radical (unpaired) electrons. The highest BCUT2D eigenvalue weighted by Crippen LogP contribution is 2.34. The number of ether oxygens (including phenoxy) is 1. The van der Waals surface area contributed by atoms with Crippen LogP contribution in [-0.2, 0) is 20.6 Å². The number of hydrogen-bond donors (Lipinski definition) is 1. The summed E-state index contributed by atoms with van der Waals surface area (Å²) in [5.74, 6) is 0.718. The molecule has 2 heterocycles. The molecule has 0 unspecified atom stereocenters. The van der Waals surface area contributed by atoms with Gasteiger partial charge >= 0.3 is 0 Å². The van der Waals surface area contributed by atoms with Crippen LogP contribution in [0.4, 0.5) is 10.8 Å². The van der Waals surface area contributed by atoms with Gasteiger partial charge in [0.1, 0.15) is 5.75 Å². The number of carbonyl (C=O) groups is 1. The summed E-state index contributed by atoms with van der Waals surface area (Å²) in [4.78, 5) is 12.8. The minimum absolute atomic E-state index is 0.141. The van der Waals surface area contributed by atoms with E-state index in [2.05, 4.69) is 15.5 Å². The molecule has 0 bridgehead atoms. The fourth-order valence-corrected chi connectivity index (χ4v) is 5.74. The lowest BCUT2D eigenvalue weighted by atomic mass is 10.2. The molecule has 1 N–H and O–H groups in total. The summed E-state index contributed by atoms with van der Waals surface area (Å²) in [6, 6.07) is 16.8. The molecule has 8 nitrogen and oxygen atoms in total. The van der Waals surface area contributed by atoms with Gasteiger partial charge in [0.2, 0.25) is 15.2 Å². The van der Waals surface area contributed by atoms with E-state index >= 15 is 0 Å². The Labute approximate surface area is 188 Å². The fraction of sp³-hybridized carbons (Fsp3) is 0.250. The standard InChI is InChI=1S/C20H20N4O4S3/c1-31(26,27)24-12-11-17(28-16-10-6-5-9-15(16)24)18(25)21-19-22-23-20(30-19)29-13-14-7-3-2-4-8-14/h2-10,17H,11-13H2,1H3,(H,21,22,25)/t17-/m1/s1. The number of benzene rings is 2. The molecule has 162 valence electrons. The minimum Gasteiger partial charge on any atom is -0.478 e. The second kappa shape index (κ2) is 9.25. The smallest absolute Gasteiger partial charge is 0.267 e. The molecule has 4 rings (SSSR count). The van der Waals surface area contributed by atoms with Crippen molar-refractivity contribution in [1.29, 1.82) is 0 Å². The van der Waals surface area contributed by atoms with Crippen molar-refractivity contribution in [3.8, 4) is 5.75 Å². The second-order valence-corrected chi connectivity index (χ2v) is 10.9. The Morgan fingerprint density at radius 1 is 1.19 bits per heavy atom. The first-order chi connectivity index (χ1) is 14.9. The zero-order valence-corrected chi connectivity index (χ0v) is 19.0. The van der Waals surface area contributed by atoms with Crippen LogP contribution in [0.5, 0.6) is 5.75 Å². The van der Waals surface area contributed by atoms with Crippen LogP contribution in [-0.4, -0.2) is 43.4 Å². The van der Waals surface area contributed by atoms with Crippen molar-refractivity contribution in [3.05, 3.63) is 60.2 Å². The Bertz CT molecular complexity index is 1170. The Kier molecular flexibility index (Phi) is 6.44. The van der Waals surface area contributed by atoms with Crippen molar-refractivity contribution in [3.63, 3.8) is 0 Å². The van der Waals surface area contributed by atoms with Crippen LogP contribution >= 0.6 is 23.1 Å². The first-order valence-electron chi connectivity index (χ1n) is 9.44. The van der Waals surface area contributed by atoms with Gasteiger partial charge in [-0.05, 0) is 17.7 Å². The first-order valence-corrected chi connectivity index (χ1v) is 13.1. The van der Waals surface area contributed by atoms with Crippen molar-refractivity contribution >= 4 is 49.8 Å². The molecule has 3 aromatic rings. The molecule has 0 fully saturated rings. The van der Waals surface area contributed by atoms with Gasteiger partial charge in [-0.2, -0.15) is 0 Å². The largest absolute Gasteiger partial charge is 0.478 e. The number of thioether (sulfide) groups is 1. The molecule has 11 heteroatoms. The number of rotatable bonds is 6. The van der Waals surface area contributed by atoms with Crippen molar-refractivity contribution in [2.45, 2.75) is 22.6 Å². The van der Waals surface area contributed by atoms with E-state index in [0.29, 0.717) is 16.6 Å². The van der Waals surface area contributed by atoms with E-state index in [9.17, 15) is 13.2 Å². The first kappa shape index (κ1) is 21.6. The quantitative estimate of drug-likeness (QED) is 0.430. The third-order valence-corrected chi connectivity index (χ3v) is 7.76. The van der Waals surface area contributed by atoms with Crippen LogP contribution in [0.3, 0.4) is 0 Å². The lowest BCUT2D eigenvalue weighted by Gasteiger charge is -2.20. The molecule has 1 aromatic heterocycles. The highest BCUT2D eigenvalue weighted by Gasteiger charge is 2.31. The lowest BCUT2D eigenvalue weighted by molar-refractivity contribution is -0.122. The number of hydrogen-bond acceptors (Lipinski definition) is 8. The number of carbonyl (C=O) groups excluding carboxylic acids is 1. The number of sulfonamides is 1. The van der Waals surface area contributed by atoms with Crippen LogP contribution in [0, 0.1) is 0 Å². The molecular weight excluding hydrogens is 456 g/mol. The number of fused-ring (bicyclic) bond motifs is 1. The van der Waals surface area contributed by atoms with Crippen molar-refractivity contribution < 1.29 is 17.9 Å². The summed E-state index contributed by atoms with van der Waals surface area (Å²) in [5.41, 5.74) is 1.60. The van der Waals surface area contributed by atoms with Crippen LogP contribution in [0.2, 0.25) is 0 Å². The van der Waals surface area contributed by atoms with Gasteiger partial charge in [0.05, 0.1) is 11.9 Å². The van der Waals surface area contributed by atoms with E-state index < -0.39 is 16.1 Å². The van der Waals surface area contributed by atoms with Crippen LogP contribution in [0.25, 0.3) is 0 Å². The van der Waals surface area contributed by atoms with Crippen molar-refractivity contribution in [2.75, 3.05) is 22.4 Å². The lowest BCUT2D eigenvalue weighted by Crippen LogP contribution is -2.35. The van der Waals surface area contributed by atoms with E-state index in [1.807, 2.05) is 30.3 Å². The van der Waals surface area contributed by atoms with Gasteiger partial charge in [0.25, 0.3) is 5.91 Å². The van der Waals surface area contributed by atoms with Crippen LogP contribution < -0.4 is 14.4 Å². The summed E-state index contributed by atoms with van der Waals surface area (Å²) >= 11 is 2.83. The predicted molar refractivity (Wildman–Crippen MR) is 122 cm³/mol. The third-order valence-electron chi connectivity index (χ3n) is 4.53. The van der Waals surface area contributed by atoms with E-state index in [0.717, 1.165) is 16.3 Å². The van der Waals surface area contributed by atoms with Gasteiger partial charge < -0.3 is 4.74 Å². The maximum absolute atomic E-state index is 12.8. The maximum Gasteiger partial charge on any atom is 0.267 e. The summed E-state index contributed by atoms with van der Waals surface area (Å²) in [7, 11) is -3.50.